The van der Waals surface area contributed by atoms with Crippen molar-refractivity contribution in [2.24, 2.45) is 5.92 Å². The van der Waals surface area contributed by atoms with Gasteiger partial charge in [-0.05, 0) is 25.5 Å². The van der Waals surface area contributed by atoms with Gasteiger partial charge in [-0.15, -0.1) is 0 Å². The van der Waals surface area contributed by atoms with Crippen LogP contribution < -0.4 is 0 Å². The lowest BCUT2D eigenvalue weighted by molar-refractivity contribution is -0.141. The fourth-order valence-electron chi connectivity index (χ4n) is 2.77. The van der Waals surface area contributed by atoms with E-state index in [0.717, 1.165) is 11.4 Å². The topological polar surface area (TPSA) is 75.4 Å². The second-order valence-electron chi connectivity index (χ2n) is 5.47. The van der Waals surface area contributed by atoms with Crippen molar-refractivity contribution >= 4 is 11.9 Å². The van der Waals surface area contributed by atoms with Gasteiger partial charge in [0.05, 0.1) is 29.1 Å². The summed E-state index contributed by atoms with van der Waals surface area (Å²) in [5.41, 5.74) is 2.17. The van der Waals surface area contributed by atoms with Crippen LogP contribution in [0.15, 0.2) is 36.5 Å². The summed E-state index contributed by atoms with van der Waals surface area (Å²) in [5, 5.41) is 13.3. The van der Waals surface area contributed by atoms with Gasteiger partial charge < -0.3 is 10.0 Å². The maximum atomic E-state index is 12.6. The first-order chi connectivity index (χ1) is 10.6. The molecule has 0 spiro atoms. The van der Waals surface area contributed by atoms with E-state index < -0.39 is 11.9 Å². The van der Waals surface area contributed by atoms with E-state index >= 15 is 0 Å². The molecule has 1 amide bonds. The summed E-state index contributed by atoms with van der Waals surface area (Å²) >= 11 is 0. The Labute approximate surface area is 128 Å². The van der Waals surface area contributed by atoms with Gasteiger partial charge in [0.2, 0.25) is 0 Å². The van der Waals surface area contributed by atoms with E-state index in [1.807, 2.05) is 37.3 Å². The highest BCUT2D eigenvalue weighted by Crippen LogP contribution is 2.21. The summed E-state index contributed by atoms with van der Waals surface area (Å²) < 4.78 is 1.72. The molecule has 0 bridgehead atoms. The Morgan fingerprint density at radius 2 is 2.00 bits per heavy atom. The minimum Gasteiger partial charge on any atom is -0.481 e. The van der Waals surface area contributed by atoms with E-state index in [0.29, 0.717) is 18.5 Å². The molecule has 0 saturated carbocycles. The van der Waals surface area contributed by atoms with Crippen molar-refractivity contribution in [3.8, 4) is 5.69 Å². The standard InChI is InChI=1S/C16H17N3O3/c1-11-14(9-17-19(11)13-5-3-2-4-6-13)15(20)18-8-7-12(10-18)16(21)22/h2-6,9,12H,7-8,10H2,1H3,(H,21,22). The highest BCUT2D eigenvalue weighted by molar-refractivity contribution is 5.95. The van der Waals surface area contributed by atoms with Crippen molar-refractivity contribution < 1.29 is 14.7 Å². The number of hydrogen-bond acceptors (Lipinski definition) is 3. The zero-order chi connectivity index (χ0) is 15.7. The largest absolute Gasteiger partial charge is 0.481 e. The second kappa shape index (κ2) is 5.63. The van der Waals surface area contributed by atoms with Crippen molar-refractivity contribution in [1.82, 2.24) is 14.7 Å². The lowest BCUT2D eigenvalue weighted by Crippen LogP contribution is -2.30. The van der Waals surface area contributed by atoms with Crippen LogP contribution in [0.5, 0.6) is 0 Å². The Hall–Kier alpha value is -2.63. The number of hydrogen-bond donors (Lipinski definition) is 1. The summed E-state index contributed by atoms with van der Waals surface area (Å²) in [7, 11) is 0. The number of nitrogens with zero attached hydrogens (tertiary/aromatic N) is 3. The van der Waals surface area contributed by atoms with Crippen molar-refractivity contribution in [2.45, 2.75) is 13.3 Å². The second-order valence-corrected chi connectivity index (χ2v) is 5.47. The van der Waals surface area contributed by atoms with E-state index in [4.69, 9.17) is 5.11 Å². The predicted octanol–water partition coefficient (Wildman–Crippen LogP) is 1.73. The highest BCUT2D eigenvalue weighted by atomic mass is 16.4. The van der Waals surface area contributed by atoms with Crippen LogP contribution in [0.2, 0.25) is 0 Å². The number of carbonyl (C=O) groups excluding carboxylic acids is 1. The number of aromatic nitrogens is 2. The highest BCUT2D eigenvalue weighted by Gasteiger charge is 2.32. The van der Waals surface area contributed by atoms with Crippen LogP contribution in [-0.2, 0) is 4.79 Å². The van der Waals surface area contributed by atoms with E-state index in [-0.39, 0.29) is 12.5 Å². The smallest absolute Gasteiger partial charge is 0.308 e. The molecule has 1 aromatic heterocycles. The van der Waals surface area contributed by atoms with Gasteiger partial charge in [-0.25, -0.2) is 4.68 Å². The van der Waals surface area contributed by atoms with Gasteiger partial charge in [0.25, 0.3) is 5.91 Å². The van der Waals surface area contributed by atoms with E-state index in [1.54, 1.807) is 15.8 Å². The molecule has 1 aromatic carbocycles. The molecule has 1 N–H and O–H groups in total. The van der Waals surface area contributed by atoms with Gasteiger partial charge in [-0.2, -0.15) is 5.10 Å². The maximum Gasteiger partial charge on any atom is 0.308 e. The lowest BCUT2D eigenvalue weighted by atomic mass is 10.1. The van der Waals surface area contributed by atoms with Gasteiger partial charge in [0.1, 0.15) is 0 Å². The molecule has 1 fully saturated rings. The molecule has 1 aliphatic rings. The van der Waals surface area contributed by atoms with Crippen molar-refractivity contribution in [3.05, 3.63) is 47.8 Å². The van der Waals surface area contributed by atoms with E-state index in [9.17, 15) is 9.59 Å². The SMILES string of the molecule is Cc1c(C(=O)N2CCC(C(=O)O)C2)cnn1-c1ccccc1. The van der Waals surface area contributed by atoms with Gasteiger partial charge in [0.15, 0.2) is 0 Å². The number of likely N-dealkylation sites (tertiary alicyclic amines) is 1. The van der Waals surface area contributed by atoms with Crippen LogP contribution in [0, 0.1) is 12.8 Å². The normalized spacial score (nSPS) is 17.7. The van der Waals surface area contributed by atoms with Crippen LogP contribution in [0.1, 0.15) is 22.5 Å². The zero-order valence-corrected chi connectivity index (χ0v) is 12.3. The predicted molar refractivity (Wildman–Crippen MR) is 79.9 cm³/mol. The van der Waals surface area contributed by atoms with Crippen molar-refractivity contribution in [2.75, 3.05) is 13.1 Å². The summed E-state index contributed by atoms with van der Waals surface area (Å²) in [6, 6.07) is 9.59. The average Bonchev–Trinajstić information content (AvgIpc) is 3.14. The molecule has 3 rings (SSSR count). The third kappa shape index (κ3) is 2.47. The molecule has 6 heteroatoms. The molecule has 1 aliphatic heterocycles. The molecule has 1 saturated heterocycles. The zero-order valence-electron chi connectivity index (χ0n) is 12.3. The Morgan fingerprint density at radius 3 is 2.64 bits per heavy atom. The number of carboxylic acid groups (broad SMARTS) is 1. The number of carbonyl (C=O) groups is 2. The monoisotopic (exact) mass is 299 g/mol. The summed E-state index contributed by atoms with van der Waals surface area (Å²) in [6.45, 7) is 2.59. The Kier molecular flexibility index (Phi) is 3.66. The van der Waals surface area contributed by atoms with E-state index in [2.05, 4.69) is 5.10 Å². The Morgan fingerprint density at radius 1 is 1.27 bits per heavy atom. The molecule has 2 heterocycles. The van der Waals surface area contributed by atoms with Crippen molar-refractivity contribution in [3.63, 3.8) is 0 Å². The molecular weight excluding hydrogens is 282 g/mol. The molecule has 22 heavy (non-hydrogen) atoms. The lowest BCUT2D eigenvalue weighted by Gasteiger charge is -2.15. The number of para-hydroxylation sites is 1. The third-order valence-electron chi connectivity index (χ3n) is 4.07. The molecule has 1 unspecified atom stereocenters. The number of aliphatic carboxylic acids is 1. The number of benzene rings is 1. The Balaban J connectivity index is 1.83. The first-order valence-corrected chi connectivity index (χ1v) is 7.20. The van der Waals surface area contributed by atoms with Crippen LogP contribution in [0.25, 0.3) is 5.69 Å². The molecule has 1 atom stereocenters. The average molecular weight is 299 g/mol. The molecular formula is C16H17N3O3. The number of carboxylic acids is 1. The van der Waals surface area contributed by atoms with Crippen LogP contribution in [0.3, 0.4) is 0 Å². The van der Waals surface area contributed by atoms with Crippen molar-refractivity contribution in [1.29, 1.82) is 0 Å². The molecule has 0 aliphatic carbocycles. The van der Waals surface area contributed by atoms with E-state index in [1.165, 1.54) is 0 Å². The van der Waals surface area contributed by atoms with Crippen LogP contribution in [-0.4, -0.2) is 44.8 Å². The van der Waals surface area contributed by atoms with Gasteiger partial charge in [-0.1, -0.05) is 18.2 Å². The van der Waals surface area contributed by atoms with Crippen LogP contribution in [0.4, 0.5) is 0 Å². The first kappa shape index (κ1) is 14.3. The summed E-state index contributed by atoms with van der Waals surface area (Å²) in [5.74, 6) is -1.45. The minimum atomic E-state index is -0.841. The summed E-state index contributed by atoms with van der Waals surface area (Å²) in [4.78, 5) is 25.2. The maximum absolute atomic E-state index is 12.6. The summed E-state index contributed by atoms with van der Waals surface area (Å²) in [6.07, 6.45) is 2.06. The van der Waals surface area contributed by atoms with Crippen LogP contribution >= 0.6 is 0 Å². The van der Waals surface area contributed by atoms with Gasteiger partial charge in [0, 0.05) is 13.1 Å². The first-order valence-electron chi connectivity index (χ1n) is 7.20. The molecule has 114 valence electrons. The number of amides is 1. The molecule has 2 aromatic rings. The third-order valence-corrected chi connectivity index (χ3v) is 4.07. The van der Waals surface area contributed by atoms with Gasteiger partial charge in [-0.3, -0.25) is 9.59 Å². The molecule has 0 radical (unpaired) electrons. The number of rotatable bonds is 3. The fourth-order valence-corrected chi connectivity index (χ4v) is 2.77. The Bertz CT molecular complexity index is 709. The molecule has 6 nitrogen and oxygen atoms in total. The minimum absolute atomic E-state index is 0.150. The van der Waals surface area contributed by atoms with Gasteiger partial charge >= 0.3 is 5.97 Å². The quantitative estimate of drug-likeness (QED) is 0.936. The fraction of sp³-hybridized carbons (Fsp3) is 0.312.